The van der Waals surface area contributed by atoms with Crippen molar-refractivity contribution in [1.82, 2.24) is 10.3 Å². The van der Waals surface area contributed by atoms with E-state index in [0.717, 1.165) is 24.4 Å². The summed E-state index contributed by atoms with van der Waals surface area (Å²) in [5.74, 6) is -6.61. The first-order chi connectivity index (χ1) is 19.6. The highest BCUT2D eigenvalue weighted by Crippen LogP contribution is 2.44. The zero-order valence-corrected chi connectivity index (χ0v) is 23.3. The number of rotatable bonds is 8. The number of benzene rings is 2. The van der Waals surface area contributed by atoms with Crippen LogP contribution < -0.4 is 20.3 Å². The second kappa shape index (κ2) is 11.7. The second-order valence-electron chi connectivity index (χ2n) is 10.2. The van der Waals surface area contributed by atoms with Crippen molar-refractivity contribution in [3.63, 3.8) is 0 Å². The smallest absolute Gasteiger partial charge is 0.421 e. The van der Waals surface area contributed by atoms with Crippen LogP contribution in [0, 0.1) is 11.6 Å². The lowest BCUT2D eigenvalue weighted by Crippen LogP contribution is -2.44. The number of hydrogen-bond donors (Lipinski definition) is 3. The molecule has 2 heterocycles. The molecule has 8 nitrogen and oxygen atoms in total. The number of nitrogens with zero attached hydrogens (tertiary/aromatic N) is 2. The number of hydrogen-bond acceptors (Lipinski definition) is 6. The zero-order valence-electron chi connectivity index (χ0n) is 22.5. The van der Waals surface area contributed by atoms with Crippen molar-refractivity contribution in [1.29, 1.82) is 0 Å². The van der Waals surface area contributed by atoms with Crippen molar-refractivity contribution in [2.24, 2.45) is 0 Å². The molecule has 0 radical (unpaired) electrons. The minimum atomic E-state index is -5.04. The molecule has 1 unspecified atom stereocenters. The second-order valence-corrected chi connectivity index (χ2v) is 10.7. The molecule has 0 bridgehead atoms. The minimum absolute atomic E-state index is 0.0481. The van der Waals surface area contributed by atoms with Crippen molar-refractivity contribution in [2.75, 3.05) is 30.4 Å². The molecule has 3 N–H and O–H groups in total. The van der Waals surface area contributed by atoms with Gasteiger partial charge in [0.05, 0.1) is 18.4 Å². The Balaban J connectivity index is 1.82. The van der Waals surface area contributed by atoms with E-state index in [0.29, 0.717) is 9.92 Å². The number of nitrogens with one attached hydrogen (secondary N) is 2. The summed E-state index contributed by atoms with van der Waals surface area (Å²) in [6.07, 6.45) is -4.02. The largest absolute Gasteiger partial charge is 0.497 e. The predicted molar refractivity (Wildman–Crippen MR) is 145 cm³/mol. The van der Waals surface area contributed by atoms with Crippen molar-refractivity contribution < 1.29 is 41.4 Å². The monoisotopic (exact) mass is 612 g/mol. The third-order valence-electron chi connectivity index (χ3n) is 6.55. The van der Waals surface area contributed by atoms with Crippen LogP contribution in [-0.2, 0) is 11.0 Å². The van der Waals surface area contributed by atoms with Gasteiger partial charge >= 0.3 is 6.18 Å². The lowest BCUT2D eigenvalue weighted by atomic mass is 9.92. The number of amides is 2. The number of methoxy groups -OCH3 is 1. The topological polar surface area (TPSA) is 104 Å². The Kier molecular flexibility index (Phi) is 8.65. The number of ether oxygens (including phenoxy) is 1. The van der Waals surface area contributed by atoms with Crippen LogP contribution in [0.2, 0.25) is 5.02 Å². The Morgan fingerprint density at radius 2 is 1.76 bits per heavy atom. The van der Waals surface area contributed by atoms with Gasteiger partial charge in [-0.25, -0.2) is 13.8 Å². The van der Waals surface area contributed by atoms with Gasteiger partial charge < -0.3 is 20.5 Å². The molecule has 1 aliphatic heterocycles. The molecule has 1 fully saturated rings. The average Bonchev–Trinajstić information content (AvgIpc) is 3.21. The first-order valence-corrected chi connectivity index (χ1v) is 12.9. The first-order valence-electron chi connectivity index (χ1n) is 12.5. The number of carbonyl (C=O) groups excluding carboxylic acids is 2. The van der Waals surface area contributed by atoms with Gasteiger partial charge in [0.2, 0.25) is 0 Å². The van der Waals surface area contributed by atoms with Gasteiger partial charge in [-0.1, -0.05) is 11.6 Å². The third-order valence-corrected chi connectivity index (χ3v) is 6.80. The number of aromatic nitrogens is 1. The molecule has 14 heteroatoms. The molecule has 1 saturated heterocycles. The third kappa shape index (κ3) is 6.57. The highest BCUT2D eigenvalue weighted by atomic mass is 35.5. The van der Waals surface area contributed by atoms with Crippen LogP contribution >= 0.6 is 11.6 Å². The van der Waals surface area contributed by atoms with E-state index in [4.69, 9.17) is 16.3 Å². The molecule has 224 valence electrons. The maximum Gasteiger partial charge on any atom is 0.421 e. The van der Waals surface area contributed by atoms with Crippen molar-refractivity contribution >= 4 is 34.9 Å². The molecule has 0 spiro atoms. The van der Waals surface area contributed by atoms with Gasteiger partial charge in [0.15, 0.2) is 0 Å². The quantitative estimate of drug-likeness (QED) is 0.304. The van der Waals surface area contributed by atoms with Crippen LogP contribution in [0.25, 0.3) is 0 Å². The fraction of sp³-hybridized carbons (Fsp3) is 0.321. The molecular weight excluding hydrogens is 587 g/mol. The lowest BCUT2D eigenvalue weighted by Gasteiger charge is -2.25. The molecule has 1 aromatic heterocycles. The van der Waals surface area contributed by atoms with Crippen LogP contribution in [0.5, 0.6) is 5.75 Å². The summed E-state index contributed by atoms with van der Waals surface area (Å²) in [6, 6.07) is 6.59. The molecular formula is C28H26ClF5N4O4. The standard InChI is InChI=1S/C28H26ClF5N4O4/c1-27(2,41)13-36-20-8-9-35-24(22(20)28(32,33)34)38-12-17(21-18(30)10-16(42-3)11-19(21)31)23(26(38)40)37-25(39)14-4-6-15(29)7-5-14/h4-11,17,23,41H,12-13H2,1-3H3,(H,35,36)(H,37,39)/t17-,23?/m0/s1. The molecule has 42 heavy (non-hydrogen) atoms. The van der Waals surface area contributed by atoms with Crippen molar-refractivity contribution in [2.45, 2.75) is 37.6 Å². The van der Waals surface area contributed by atoms with E-state index < -0.39 is 76.4 Å². The van der Waals surface area contributed by atoms with Crippen molar-refractivity contribution in [3.05, 3.63) is 82.0 Å². The summed E-state index contributed by atoms with van der Waals surface area (Å²) in [5.41, 5.74) is -3.78. The first kappa shape index (κ1) is 31.0. The number of alkyl halides is 3. The molecule has 2 atom stereocenters. The average molecular weight is 613 g/mol. The maximum atomic E-state index is 15.2. The van der Waals surface area contributed by atoms with Crippen LogP contribution in [-0.4, -0.2) is 53.7 Å². The Morgan fingerprint density at radius 3 is 2.31 bits per heavy atom. The summed E-state index contributed by atoms with van der Waals surface area (Å²) in [4.78, 5) is 31.2. The van der Waals surface area contributed by atoms with E-state index in [9.17, 15) is 27.9 Å². The fourth-order valence-corrected chi connectivity index (χ4v) is 4.72. The number of carbonyl (C=O) groups is 2. The highest BCUT2D eigenvalue weighted by molar-refractivity contribution is 6.30. The van der Waals surface area contributed by atoms with Crippen LogP contribution in [0.1, 0.15) is 41.3 Å². The molecule has 4 rings (SSSR count). The van der Waals surface area contributed by atoms with E-state index in [1.807, 2.05) is 0 Å². The van der Waals surface area contributed by atoms with E-state index in [1.165, 1.54) is 45.2 Å². The van der Waals surface area contributed by atoms with E-state index in [-0.39, 0.29) is 17.9 Å². The Morgan fingerprint density at radius 1 is 1.14 bits per heavy atom. The Labute approximate surface area is 242 Å². The molecule has 2 amide bonds. The molecule has 2 aromatic carbocycles. The summed E-state index contributed by atoms with van der Waals surface area (Å²) in [6.45, 7) is 1.83. The predicted octanol–water partition coefficient (Wildman–Crippen LogP) is 5.15. The van der Waals surface area contributed by atoms with E-state index in [2.05, 4.69) is 15.6 Å². The van der Waals surface area contributed by atoms with Gasteiger partial charge in [0.25, 0.3) is 11.8 Å². The van der Waals surface area contributed by atoms with Gasteiger partial charge in [-0.05, 0) is 44.2 Å². The molecule has 1 aliphatic rings. The normalized spacial score (nSPS) is 17.4. The van der Waals surface area contributed by atoms with Crippen LogP contribution in [0.3, 0.4) is 0 Å². The number of anilines is 2. The van der Waals surface area contributed by atoms with E-state index >= 15 is 8.78 Å². The summed E-state index contributed by atoms with van der Waals surface area (Å²) < 4.78 is 78.5. The van der Waals surface area contributed by atoms with Gasteiger partial charge in [0.1, 0.15) is 34.8 Å². The molecule has 0 saturated carbocycles. The molecule has 3 aromatic rings. The number of halogens is 6. The van der Waals surface area contributed by atoms with E-state index in [1.54, 1.807) is 0 Å². The minimum Gasteiger partial charge on any atom is -0.497 e. The summed E-state index contributed by atoms with van der Waals surface area (Å²) in [7, 11) is 1.19. The number of aliphatic hydroxyl groups is 1. The van der Waals surface area contributed by atoms with Crippen LogP contribution in [0.15, 0.2) is 48.7 Å². The van der Waals surface area contributed by atoms with Gasteiger partial charge in [-0.15, -0.1) is 0 Å². The zero-order chi connectivity index (χ0) is 31.0. The maximum absolute atomic E-state index is 15.2. The highest BCUT2D eigenvalue weighted by Gasteiger charge is 2.49. The summed E-state index contributed by atoms with van der Waals surface area (Å²) >= 11 is 5.87. The fourth-order valence-electron chi connectivity index (χ4n) is 4.60. The number of pyridine rings is 1. The molecule has 0 aliphatic carbocycles. The Bertz CT molecular complexity index is 1470. The van der Waals surface area contributed by atoms with Gasteiger partial charge in [0, 0.05) is 53.5 Å². The van der Waals surface area contributed by atoms with Gasteiger partial charge in [-0.2, -0.15) is 13.2 Å². The Hall–Kier alpha value is -3.97. The summed E-state index contributed by atoms with van der Waals surface area (Å²) in [5, 5.41) is 15.3. The van der Waals surface area contributed by atoms with Crippen LogP contribution in [0.4, 0.5) is 33.5 Å². The van der Waals surface area contributed by atoms with Gasteiger partial charge in [-0.3, -0.25) is 14.5 Å². The lowest BCUT2D eigenvalue weighted by molar-refractivity contribution is -0.136. The van der Waals surface area contributed by atoms with Crippen molar-refractivity contribution in [3.8, 4) is 5.75 Å². The SMILES string of the molecule is COc1cc(F)c([C@@H]2CN(c3nccc(NCC(C)(C)O)c3C(F)(F)F)C(=O)C2NC(=O)c2ccc(Cl)cc2)c(F)c1.